The van der Waals surface area contributed by atoms with Crippen LogP contribution in [0.1, 0.15) is 22.7 Å². The van der Waals surface area contributed by atoms with Gasteiger partial charge in [0.2, 0.25) is 0 Å². The third-order valence-corrected chi connectivity index (χ3v) is 5.55. The molecular weight excluding hydrogens is 406 g/mol. The van der Waals surface area contributed by atoms with Crippen LogP contribution in [-0.4, -0.2) is 40.5 Å². The minimum atomic E-state index is -0.822. The SMILES string of the molecule is COc1cccc(C(O)=C2C(=O)C(=O)N(CCc3ccccc3)C2c2cccc(O)c2)c1. The summed E-state index contributed by atoms with van der Waals surface area (Å²) >= 11 is 0. The van der Waals surface area contributed by atoms with Crippen LogP contribution in [0.15, 0.2) is 84.4 Å². The van der Waals surface area contributed by atoms with Crippen LogP contribution < -0.4 is 4.74 Å². The number of ether oxygens (including phenoxy) is 1. The van der Waals surface area contributed by atoms with Crippen LogP contribution in [0.25, 0.3) is 5.76 Å². The second kappa shape index (κ2) is 8.98. The molecule has 3 aromatic carbocycles. The molecule has 1 saturated heterocycles. The van der Waals surface area contributed by atoms with E-state index in [-0.39, 0.29) is 23.6 Å². The summed E-state index contributed by atoms with van der Waals surface area (Å²) in [7, 11) is 1.51. The Morgan fingerprint density at radius 3 is 2.44 bits per heavy atom. The van der Waals surface area contributed by atoms with Gasteiger partial charge in [0.25, 0.3) is 11.7 Å². The second-order valence-electron chi connectivity index (χ2n) is 7.56. The highest BCUT2D eigenvalue weighted by molar-refractivity contribution is 6.46. The van der Waals surface area contributed by atoms with Crippen LogP contribution in [0, 0.1) is 0 Å². The zero-order valence-electron chi connectivity index (χ0n) is 17.6. The number of carbonyl (C=O) groups excluding carboxylic acids is 2. The molecule has 1 unspecified atom stereocenters. The van der Waals surface area contributed by atoms with Gasteiger partial charge < -0.3 is 19.8 Å². The van der Waals surface area contributed by atoms with Crippen LogP contribution in [0.2, 0.25) is 0 Å². The number of methoxy groups -OCH3 is 1. The number of hydrogen-bond acceptors (Lipinski definition) is 5. The summed E-state index contributed by atoms with van der Waals surface area (Å²) in [6.07, 6.45) is 0.544. The lowest BCUT2D eigenvalue weighted by Crippen LogP contribution is -2.31. The Balaban J connectivity index is 1.80. The monoisotopic (exact) mass is 429 g/mol. The van der Waals surface area contributed by atoms with Gasteiger partial charge in [-0.15, -0.1) is 0 Å². The molecule has 1 aliphatic heterocycles. The van der Waals surface area contributed by atoms with Crippen molar-refractivity contribution in [2.45, 2.75) is 12.5 Å². The van der Waals surface area contributed by atoms with Crippen LogP contribution >= 0.6 is 0 Å². The molecule has 2 N–H and O–H groups in total. The van der Waals surface area contributed by atoms with E-state index in [1.165, 1.54) is 24.1 Å². The Labute approximate surface area is 186 Å². The van der Waals surface area contributed by atoms with Crippen molar-refractivity contribution < 1.29 is 24.5 Å². The number of rotatable bonds is 6. The molecule has 0 radical (unpaired) electrons. The van der Waals surface area contributed by atoms with E-state index in [0.29, 0.717) is 23.3 Å². The third kappa shape index (κ3) is 4.07. The molecule has 6 nitrogen and oxygen atoms in total. The number of phenols is 1. The first-order chi connectivity index (χ1) is 15.5. The van der Waals surface area contributed by atoms with E-state index in [4.69, 9.17) is 4.74 Å². The number of likely N-dealkylation sites (tertiary alicyclic amines) is 1. The third-order valence-electron chi connectivity index (χ3n) is 5.55. The zero-order chi connectivity index (χ0) is 22.7. The Hall–Kier alpha value is -4.06. The molecular formula is C26H23NO5. The van der Waals surface area contributed by atoms with E-state index < -0.39 is 17.7 Å². The van der Waals surface area contributed by atoms with Gasteiger partial charge in [-0.25, -0.2) is 0 Å². The van der Waals surface area contributed by atoms with E-state index in [1.807, 2.05) is 30.3 Å². The standard InChI is InChI=1S/C26H23NO5/c1-32-21-12-6-10-19(16-21)24(29)22-23(18-9-5-11-20(28)15-18)27(26(31)25(22)30)14-13-17-7-3-2-4-8-17/h2-12,15-16,23,28-29H,13-14H2,1H3. The molecule has 0 spiro atoms. The molecule has 0 aromatic heterocycles. The topological polar surface area (TPSA) is 87.1 Å². The number of phenolic OH excluding ortho intramolecular Hbond substituents is 1. The number of aromatic hydroxyl groups is 1. The lowest BCUT2D eigenvalue weighted by Gasteiger charge is -2.25. The summed E-state index contributed by atoms with van der Waals surface area (Å²) < 4.78 is 5.22. The second-order valence-corrected chi connectivity index (χ2v) is 7.56. The number of carbonyl (C=O) groups is 2. The first-order valence-corrected chi connectivity index (χ1v) is 10.3. The van der Waals surface area contributed by atoms with Gasteiger partial charge in [-0.2, -0.15) is 0 Å². The molecule has 1 heterocycles. The molecule has 1 aliphatic rings. The highest BCUT2D eigenvalue weighted by Crippen LogP contribution is 2.40. The van der Waals surface area contributed by atoms with Crippen molar-refractivity contribution in [3.63, 3.8) is 0 Å². The number of nitrogens with zero attached hydrogens (tertiary/aromatic N) is 1. The average Bonchev–Trinajstić information content (AvgIpc) is 3.08. The van der Waals surface area contributed by atoms with Gasteiger partial charge in [-0.05, 0) is 41.8 Å². The molecule has 0 saturated carbocycles. The molecule has 6 heteroatoms. The smallest absolute Gasteiger partial charge is 0.295 e. The Morgan fingerprint density at radius 2 is 1.72 bits per heavy atom. The molecule has 1 fully saturated rings. The largest absolute Gasteiger partial charge is 0.508 e. The average molecular weight is 429 g/mol. The summed E-state index contributed by atoms with van der Waals surface area (Å²) in [6.45, 7) is 0.282. The van der Waals surface area contributed by atoms with E-state index in [1.54, 1.807) is 36.4 Å². The minimum absolute atomic E-state index is 0.0116. The first kappa shape index (κ1) is 21.2. The van der Waals surface area contributed by atoms with Crippen molar-refractivity contribution in [1.82, 2.24) is 4.90 Å². The van der Waals surface area contributed by atoms with Crippen LogP contribution in [0.4, 0.5) is 0 Å². The highest BCUT2D eigenvalue weighted by atomic mass is 16.5. The van der Waals surface area contributed by atoms with Crippen molar-refractivity contribution in [3.8, 4) is 11.5 Å². The lowest BCUT2D eigenvalue weighted by atomic mass is 9.95. The van der Waals surface area contributed by atoms with Crippen LogP contribution in [-0.2, 0) is 16.0 Å². The van der Waals surface area contributed by atoms with Crippen molar-refractivity contribution in [2.75, 3.05) is 13.7 Å². The van der Waals surface area contributed by atoms with Crippen molar-refractivity contribution in [3.05, 3.63) is 101 Å². The fourth-order valence-corrected chi connectivity index (χ4v) is 3.97. The van der Waals surface area contributed by atoms with Crippen molar-refractivity contribution in [2.24, 2.45) is 0 Å². The first-order valence-electron chi connectivity index (χ1n) is 10.3. The Morgan fingerprint density at radius 1 is 0.969 bits per heavy atom. The van der Waals surface area contributed by atoms with Gasteiger partial charge in [0.15, 0.2) is 0 Å². The number of ketones is 1. The van der Waals surface area contributed by atoms with Crippen LogP contribution in [0.5, 0.6) is 11.5 Å². The molecule has 0 bridgehead atoms. The molecule has 0 aliphatic carbocycles. The summed E-state index contributed by atoms with van der Waals surface area (Å²) in [4.78, 5) is 27.5. The van der Waals surface area contributed by atoms with Crippen molar-refractivity contribution in [1.29, 1.82) is 0 Å². The number of aliphatic hydroxyl groups excluding tert-OH is 1. The van der Waals surface area contributed by atoms with Gasteiger partial charge in [0.05, 0.1) is 18.7 Å². The van der Waals surface area contributed by atoms with Gasteiger partial charge >= 0.3 is 0 Å². The fourth-order valence-electron chi connectivity index (χ4n) is 3.97. The normalized spacial score (nSPS) is 17.5. The molecule has 162 valence electrons. The van der Waals surface area contributed by atoms with Crippen LogP contribution in [0.3, 0.4) is 0 Å². The fraction of sp³-hybridized carbons (Fsp3) is 0.154. The van der Waals surface area contributed by atoms with E-state index in [9.17, 15) is 19.8 Å². The number of benzene rings is 3. The van der Waals surface area contributed by atoms with Crippen molar-refractivity contribution >= 4 is 17.4 Å². The van der Waals surface area contributed by atoms with Gasteiger partial charge in [0, 0.05) is 12.1 Å². The number of hydrogen-bond donors (Lipinski definition) is 2. The van der Waals surface area contributed by atoms with Gasteiger partial charge in [0.1, 0.15) is 17.3 Å². The lowest BCUT2D eigenvalue weighted by molar-refractivity contribution is -0.139. The number of aliphatic hydroxyl groups is 1. The van der Waals surface area contributed by atoms with Gasteiger partial charge in [-0.3, -0.25) is 9.59 Å². The Kier molecular flexibility index (Phi) is 5.94. The maximum atomic E-state index is 13.1. The summed E-state index contributed by atoms with van der Waals surface area (Å²) in [5.41, 5.74) is 1.93. The summed E-state index contributed by atoms with van der Waals surface area (Å²) in [6, 6.07) is 21.9. The minimum Gasteiger partial charge on any atom is -0.508 e. The van der Waals surface area contributed by atoms with E-state index >= 15 is 0 Å². The summed E-state index contributed by atoms with van der Waals surface area (Å²) in [5, 5.41) is 21.1. The molecule has 1 amide bonds. The van der Waals surface area contributed by atoms with Gasteiger partial charge in [-0.1, -0.05) is 54.6 Å². The summed E-state index contributed by atoms with van der Waals surface area (Å²) in [5.74, 6) is -1.19. The molecule has 3 aromatic rings. The number of amides is 1. The highest BCUT2D eigenvalue weighted by Gasteiger charge is 2.45. The quantitative estimate of drug-likeness (QED) is 0.351. The molecule has 1 atom stereocenters. The predicted molar refractivity (Wildman–Crippen MR) is 120 cm³/mol. The predicted octanol–water partition coefficient (Wildman–Crippen LogP) is 4.07. The van der Waals surface area contributed by atoms with E-state index in [0.717, 1.165) is 5.56 Å². The zero-order valence-corrected chi connectivity index (χ0v) is 17.6. The van der Waals surface area contributed by atoms with E-state index in [2.05, 4.69) is 0 Å². The molecule has 32 heavy (non-hydrogen) atoms. The Bertz CT molecular complexity index is 1190. The molecule has 4 rings (SSSR count). The maximum absolute atomic E-state index is 13.1. The number of Topliss-reactive ketones (excluding diaryl/α,β-unsaturated/α-hetero) is 1. The maximum Gasteiger partial charge on any atom is 0.295 e.